The van der Waals surface area contributed by atoms with Crippen LogP contribution in [0.3, 0.4) is 0 Å². The topological polar surface area (TPSA) is 167 Å². The molecule has 0 aromatic carbocycles. The predicted octanol–water partition coefficient (Wildman–Crippen LogP) is 2.75. The van der Waals surface area contributed by atoms with Gasteiger partial charge in [-0.3, -0.25) is 19.4 Å². The molecular weight excluding hydrogens is 542 g/mol. The largest absolute Gasteiger partial charge is 0.439 e. The highest BCUT2D eigenvalue weighted by atomic mass is 16.6. The van der Waals surface area contributed by atoms with E-state index in [1.54, 1.807) is 39.0 Å². The fourth-order valence-electron chi connectivity index (χ4n) is 5.10. The molecule has 0 saturated heterocycles. The quantitative estimate of drug-likeness (QED) is 0.414. The molecule has 1 unspecified atom stereocenters. The van der Waals surface area contributed by atoms with E-state index in [0.717, 1.165) is 6.08 Å². The Balaban J connectivity index is 2.62. The van der Waals surface area contributed by atoms with Crippen molar-refractivity contribution in [1.82, 2.24) is 5.32 Å². The molecule has 0 fully saturated rings. The number of amides is 2. The van der Waals surface area contributed by atoms with Gasteiger partial charge in [-0.1, -0.05) is 44.2 Å². The van der Waals surface area contributed by atoms with Crippen LogP contribution in [0.25, 0.3) is 0 Å². The van der Waals surface area contributed by atoms with E-state index in [1.807, 2.05) is 6.92 Å². The van der Waals surface area contributed by atoms with Crippen molar-refractivity contribution in [3.05, 3.63) is 59.9 Å². The Hall–Kier alpha value is -3.67. The van der Waals surface area contributed by atoms with E-state index >= 15 is 0 Å². The second-order valence-corrected chi connectivity index (χ2v) is 10.7. The Morgan fingerprint density at radius 1 is 1.19 bits per heavy atom. The average molecular weight is 586 g/mol. The second-order valence-electron chi connectivity index (χ2n) is 10.7. The van der Waals surface area contributed by atoms with Crippen molar-refractivity contribution in [3.8, 4) is 0 Å². The summed E-state index contributed by atoms with van der Waals surface area (Å²) < 4.78 is 16.6. The van der Waals surface area contributed by atoms with Crippen LogP contribution in [0.15, 0.2) is 64.9 Å². The first-order valence-corrected chi connectivity index (χ1v) is 13.8. The Morgan fingerprint density at radius 2 is 1.88 bits per heavy atom. The summed E-state index contributed by atoms with van der Waals surface area (Å²) in [5.41, 5.74) is 6.17. The number of ether oxygens (including phenoxy) is 3. The van der Waals surface area contributed by atoms with Crippen LogP contribution in [0.1, 0.15) is 40.5 Å². The summed E-state index contributed by atoms with van der Waals surface area (Å²) in [6.07, 6.45) is 5.35. The van der Waals surface area contributed by atoms with Gasteiger partial charge in [0.15, 0.2) is 11.9 Å². The van der Waals surface area contributed by atoms with Crippen LogP contribution >= 0.6 is 0 Å². The average Bonchev–Trinajstić information content (AvgIpc) is 2.94. The molecule has 2 bridgehead atoms. The molecule has 11 heteroatoms. The van der Waals surface area contributed by atoms with Crippen LogP contribution in [0.4, 0.5) is 4.79 Å². The van der Waals surface area contributed by atoms with Crippen LogP contribution < -0.4 is 11.1 Å². The van der Waals surface area contributed by atoms with Gasteiger partial charge in [-0.2, -0.15) is 0 Å². The number of primary amides is 1. The number of aliphatic hydroxyl groups is 1. The normalized spacial score (nSPS) is 31.9. The molecule has 1 aliphatic heterocycles. The molecule has 0 saturated carbocycles. The number of nitrogens with two attached hydrogens (primary N) is 1. The lowest BCUT2D eigenvalue weighted by Crippen LogP contribution is -2.42. The van der Waals surface area contributed by atoms with Crippen molar-refractivity contribution in [2.75, 3.05) is 20.8 Å². The van der Waals surface area contributed by atoms with Crippen LogP contribution in [-0.4, -0.2) is 79.6 Å². The first-order valence-electron chi connectivity index (χ1n) is 13.8. The first kappa shape index (κ1) is 34.5. The molecule has 1 heterocycles. The molecule has 2 aliphatic rings. The maximum atomic E-state index is 13.6. The zero-order chi connectivity index (χ0) is 31.6. The molecule has 2 rings (SSSR count). The summed E-state index contributed by atoms with van der Waals surface area (Å²) >= 11 is 0. The number of hydrogen-bond acceptors (Lipinski definition) is 9. The van der Waals surface area contributed by atoms with E-state index in [0.29, 0.717) is 12.0 Å². The number of nitrogens with zero attached hydrogens (tertiary/aromatic N) is 1. The van der Waals surface area contributed by atoms with Gasteiger partial charge >= 0.3 is 6.09 Å². The summed E-state index contributed by atoms with van der Waals surface area (Å²) in [4.78, 5) is 55.6. The minimum atomic E-state index is -1.00. The Kier molecular flexibility index (Phi) is 13.2. The van der Waals surface area contributed by atoms with E-state index in [4.69, 9.17) is 19.9 Å². The smallest absolute Gasteiger partial charge is 0.405 e. The summed E-state index contributed by atoms with van der Waals surface area (Å²) in [7, 11) is 2.92. The van der Waals surface area contributed by atoms with Crippen LogP contribution in [0.5, 0.6) is 0 Å². The van der Waals surface area contributed by atoms with Gasteiger partial charge in [0.2, 0.25) is 5.78 Å². The van der Waals surface area contributed by atoms with E-state index in [-0.39, 0.29) is 35.9 Å². The number of aliphatic hydroxyl groups excluding tert-OH is 1. The van der Waals surface area contributed by atoms with E-state index < -0.39 is 59.8 Å². The van der Waals surface area contributed by atoms with Gasteiger partial charge in [0.1, 0.15) is 6.10 Å². The van der Waals surface area contributed by atoms with Gasteiger partial charge < -0.3 is 30.4 Å². The van der Waals surface area contributed by atoms with Gasteiger partial charge in [0.25, 0.3) is 5.91 Å². The van der Waals surface area contributed by atoms with Crippen molar-refractivity contribution >= 4 is 29.3 Å². The van der Waals surface area contributed by atoms with Crippen molar-refractivity contribution in [2.24, 2.45) is 28.5 Å². The lowest BCUT2D eigenvalue weighted by Gasteiger charge is -2.30. The molecule has 0 radical (unpaired) electrons. The van der Waals surface area contributed by atoms with Crippen molar-refractivity contribution in [1.29, 1.82) is 0 Å². The van der Waals surface area contributed by atoms with Crippen LogP contribution in [-0.2, 0) is 28.6 Å². The van der Waals surface area contributed by atoms with Crippen molar-refractivity contribution < 1.29 is 38.5 Å². The number of carbonyl (C=O) groups is 4. The van der Waals surface area contributed by atoms with Gasteiger partial charge in [-0.05, 0) is 38.2 Å². The maximum Gasteiger partial charge on any atom is 0.405 e. The number of hydrogen-bond donors (Lipinski definition) is 3. The standard InChI is InChI=1S/C31H43N3O8/c1-8-12-33-26-21-13-17(2)14-25(41-7)27(36)19(4)15-20(5)29(42-31(32)39)24(40-6)11-9-10-18(3)30(38)34-22(28(21)37)16-23(26)35/h8-11,15-17,19,21,24-25,27,29,36H,1,12-14H2,2-7H3,(H2,32,39)(H,34,38)/b11-9-,18-10?,20-15?,33-26?/t17-,19+,21?,24+,25+,27-,29+/m1/s1. The number of carbonyl (C=O) groups excluding carboxylic acids is 4. The Morgan fingerprint density at radius 3 is 2.48 bits per heavy atom. The van der Waals surface area contributed by atoms with E-state index in [9.17, 15) is 24.3 Å². The first-order chi connectivity index (χ1) is 19.8. The fraction of sp³-hybridized carbons (Fsp3) is 0.516. The third-order valence-electron chi connectivity index (χ3n) is 7.37. The van der Waals surface area contributed by atoms with Gasteiger partial charge in [0, 0.05) is 31.8 Å². The zero-order valence-corrected chi connectivity index (χ0v) is 25.2. The highest BCUT2D eigenvalue weighted by molar-refractivity contribution is 6.51. The number of allylic oxidation sites excluding steroid dienone is 4. The van der Waals surface area contributed by atoms with E-state index in [2.05, 4.69) is 16.9 Å². The molecule has 230 valence electrons. The molecule has 7 atom stereocenters. The number of Topliss-reactive ketones (excluding diaryl/α,β-unsaturated/α-hetero) is 1. The van der Waals surface area contributed by atoms with E-state index in [1.165, 1.54) is 26.4 Å². The molecule has 4 N–H and O–H groups in total. The van der Waals surface area contributed by atoms with Gasteiger partial charge in [-0.25, -0.2) is 4.79 Å². The summed E-state index contributed by atoms with van der Waals surface area (Å²) in [6.45, 7) is 10.8. The number of ketones is 2. The summed E-state index contributed by atoms with van der Waals surface area (Å²) in [6, 6.07) is 0. The Labute approximate surface area is 247 Å². The van der Waals surface area contributed by atoms with Crippen molar-refractivity contribution in [3.63, 3.8) is 0 Å². The summed E-state index contributed by atoms with van der Waals surface area (Å²) in [5.74, 6) is -2.98. The number of methoxy groups -OCH3 is 2. The predicted molar refractivity (Wildman–Crippen MR) is 159 cm³/mol. The lowest BCUT2D eigenvalue weighted by molar-refractivity contribution is -0.123. The van der Waals surface area contributed by atoms with Crippen LogP contribution in [0, 0.1) is 17.8 Å². The number of rotatable bonds is 5. The number of nitrogens with one attached hydrogen (secondary N) is 1. The number of aliphatic imine (C=N–C) groups is 1. The second kappa shape index (κ2) is 16.1. The minimum Gasteiger partial charge on any atom is -0.439 e. The summed E-state index contributed by atoms with van der Waals surface area (Å²) in [5, 5.41) is 13.8. The molecule has 0 aromatic heterocycles. The van der Waals surface area contributed by atoms with Crippen LogP contribution in [0.2, 0.25) is 0 Å². The zero-order valence-electron chi connectivity index (χ0n) is 25.2. The molecule has 42 heavy (non-hydrogen) atoms. The third kappa shape index (κ3) is 9.17. The van der Waals surface area contributed by atoms with Gasteiger partial charge in [-0.15, -0.1) is 6.58 Å². The third-order valence-corrected chi connectivity index (χ3v) is 7.37. The fourth-order valence-corrected chi connectivity index (χ4v) is 5.10. The molecule has 1 aliphatic carbocycles. The molecule has 11 nitrogen and oxygen atoms in total. The highest BCUT2D eigenvalue weighted by Gasteiger charge is 2.38. The monoisotopic (exact) mass is 585 g/mol. The highest BCUT2D eigenvalue weighted by Crippen LogP contribution is 2.28. The van der Waals surface area contributed by atoms with Crippen molar-refractivity contribution in [2.45, 2.75) is 65.0 Å². The number of fused-ring (bicyclic) bond motifs is 2. The Bertz CT molecular complexity index is 1200. The maximum absolute atomic E-state index is 13.6. The molecule has 0 spiro atoms. The molecule has 0 aromatic rings. The minimum absolute atomic E-state index is 0.110. The lowest BCUT2D eigenvalue weighted by atomic mass is 9.79. The SMILES string of the molecule is C=CCN=C1C(=O)C=C2NC(=O)C(C)=C/C=C\[C@H](OC)[C@@H](OC(N)=O)C(C)=C[C@H](C)[C@@H](O)[C@@H](OC)C[C@H](C)CC1C2=O. The molecular formula is C31H43N3O8. The van der Waals surface area contributed by atoms with Gasteiger partial charge in [0.05, 0.1) is 36.1 Å². The molecule has 2 amide bonds.